The molecule has 0 fully saturated rings. The Morgan fingerprint density at radius 1 is 1.00 bits per heavy atom. The zero-order chi connectivity index (χ0) is 19.5. The van der Waals surface area contributed by atoms with Crippen LogP contribution in [0.25, 0.3) is 0 Å². The summed E-state index contributed by atoms with van der Waals surface area (Å²) in [6, 6.07) is 19.6. The van der Waals surface area contributed by atoms with Crippen molar-refractivity contribution in [2.75, 3.05) is 13.1 Å². The lowest BCUT2D eigenvalue weighted by atomic mass is 10.1. The van der Waals surface area contributed by atoms with E-state index in [1.807, 2.05) is 48.5 Å². The van der Waals surface area contributed by atoms with Crippen molar-refractivity contribution in [2.24, 2.45) is 5.92 Å². The van der Waals surface area contributed by atoms with E-state index in [0.29, 0.717) is 25.4 Å². The van der Waals surface area contributed by atoms with Crippen molar-refractivity contribution in [3.63, 3.8) is 0 Å². The SMILES string of the molecule is CC(C)CN(C[C@H](O)CCc1ccccc1)NC(=O)OCc1ccccc1. The summed E-state index contributed by atoms with van der Waals surface area (Å²) in [7, 11) is 0. The Bertz CT molecular complexity index is 662. The molecule has 0 aliphatic carbocycles. The van der Waals surface area contributed by atoms with Crippen molar-refractivity contribution < 1.29 is 14.6 Å². The molecule has 27 heavy (non-hydrogen) atoms. The number of nitrogens with zero attached hydrogens (tertiary/aromatic N) is 1. The van der Waals surface area contributed by atoms with Crippen LogP contribution < -0.4 is 5.43 Å². The molecule has 2 aromatic rings. The third-order valence-electron chi connectivity index (χ3n) is 4.09. The second kappa shape index (κ2) is 11.4. The lowest BCUT2D eigenvalue weighted by molar-refractivity contribution is 0.0547. The van der Waals surface area contributed by atoms with Gasteiger partial charge in [0.15, 0.2) is 0 Å². The topological polar surface area (TPSA) is 61.8 Å². The van der Waals surface area contributed by atoms with E-state index in [4.69, 9.17) is 4.74 Å². The zero-order valence-electron chi connectivity index (χ0n) is 16.2. The Morgan fingerprint density at radius 2 is 1.59 bits per heavy atom. The number of hydrogen-bond acceptors (Lipinski definition) is 4. The average Bonchev–Trinajstić information content (AvgIpc) is 2.66. The maximum atomic E-state index is 12.1. The standard InChI is InChI=1S/C22H30N2O3/c1-18(2)15-24(16-21(25)14-13-19-9-5-3-6-10-19)23-22(26)27-17-20-11-7-4-8-12-20/h3-12,18,21,25H,13-17H2,1-2H3,(H,23,26)/t21-/m1/s1. The second-order valence-corrected chi connectivity index (χ2v) is 7.15. The largest absolute Gasteiger partial charge is 0.444 e. The number of aryl methyl sites for hydroxylation is 1. The molecule has 0 heterocycles. The summed E-state index contributed by atoms with van der Waals surface area (Å²) in [5, 5.41) is 12.1. The molecule has 0 aliphatic heterocycles. The van der Waals surface area contributed by atoms with Gasteiger partial charge >= 0.3 is 6.09 Å². The van der Waals surface area contributed by atoms with Gasteiger partial charge in [-0.1, -0.05) is 74.5 Å². The van der Waals surface area contributed by atoms with Gasteiger partial charge in [-0.2, -0.15) is 0 Å². The van der Waals surface area contributed by atoms with Gasteiger partial charge in [-0.3, -0.25) is 5.43 Å². The molecule has 2 N–H and O–H groups in total. The van der Waals surface area contributed by atoms with Gasteiger partial charge in [0.2, 0.25) is 0 Å². The van der Waals surface area contributed by atoms with Crippen molar-refractivity contribution in [1.82, 2.24) is 10.4 Å². The molecule has 0 bridgehead atoms. The number of amides is 1. The molecule has 0 saturated carbocycles. The fourth-order valence-corrected chi connectivity index (χ4v) is 2.81. The first-order chi connectivity index (χ1) is 13.0. The molecule has 0 unspecified atom stereocenters. The van der Waals surface area contributed by atoms with E-state index in [-0.39, 0.29) is 6.61 Å². The first kappa shape index (κ1) is 20.9. The first-order valence-corrected chi connectivity index (χ1v) is 9.47. The quantitative estimate of drug-likeness (QED) is 0.625. The Balaban J connectivity index is 1.79. The van der Waals surface area contributed by atoms with Gasteiger partial charge in [-0.25, -0.2) is 9.80 Å². The zero-order valence-corrected chi connectivity index (χ0v) is 16.2. The van der Waals surface area contributed by atoms with E-state index in [1.54, 1.807) is 5.01 Å². The molecule has 2 aromatic carbocycles. The highest BCUT2D eigenvalue weighted by Crippen LogP contribution is 2.07. The molecular weight excluding hydrogens is 340 g/mol. The molecule has 0 aromatic heterocycles. The number of nitrogens with one attached hydrogen (secondary N) is 1. The van der Waals surface area contributed by atoms with Gasteiger partial charge in [0.1, 0.15) is 6.61 Å². The smallest absolute Gasteiger partial charge is 0.422 e. The Kier molecular flexibility index (Phi) is 8.81. The van der Waals surface area contributed by atoms with Gasteiger partial charge < -0.3 is 9.84 Å². The third kappa shape index (κ3) is 8.71. The Hall–Kier alpha value is -2.37. The molecule has 2 rings (SSSR count). The summed E-state index contributed by atoms with van der Waals surface area (Å²) in [6.45, 7) is 5.37. The molecule has 5 heteroatoms. The summed E-state index contributed by atoms with van der Waals surface area (Å²) in [5.41, 5.74) is 4.89. The summed E-state index contributed by atoms with van der Waals surface area (Å²) in [6.07, 6.45) is 0.406. The highest BCUT2D eigenvalue weighted by molar-refractivity contribution is 5.66. The Labute approximate surface area is 161 Å². The summed E-state index contributed by atoms with van der Waals surface area (Å²) in [5.74, 6) is 0.348. The fourth-order valence-electron chi connectivity index (χ4n) is 2.81. The van der Waals surface area contributed by atoms with Crippen molar-refractivity contribution in [3.8, 4) is 0 Å². The summed E-state index contributed by atoms with van der Waals surface area (Å²) < 4.78 is 5.28. The van der Waals surface area contributed by atoms with E-state index in [9.17, 15) is 9.90 Å². The maximum absolute atomic E-state index is 12.1. The van der Waals surface area contributed by atoms with Crippen LogP contribution in [0.1, 0.15) is 31.4 Å². The van der Waals surface area contributed by atoms with Crippen LogP contribution in [0.5, 0.6) is 0 Å². The number of carbonyl (C=O) groups is 1. The number of hydrazine groups is 1. The van der Waals surface area contributed by atoms with Crippen LogP contribution in [0.15, 0.2) is 60.7 Å². The van der Waals surface area contributed by atoms with E-state index in [1.165, 1.54) is 5.56 Å². The lowest BCUT2D eigenvalue weighted by Crippen LogP contribution is -2.47. The van der Waals surface area contributed by atoms with Crippen molar-refractivity contribution in [3.05, 3.63) is 71.8 Å². The fraction of sp³-hybridized carbons (Fsp3) is 0.409. The normalized spacial score (nSPS) is 12.2. The average molecular weight is 370 g/mol. The number of ether oxygens (including phenoxy) is 1. The van der Waals surface area contributed by atoms with Gasteiger partial charge in [0.05, 0.1) is 6.10 Å². The van der Waals surface area contributed by atoms with E-state index >= 15 is 0 Å². The first-order valence-electron chi connectivity index (χ1n) is 9.47. The van der Waals surface area contributed by atoms with Gasteiger partial charge in [-0.05, 0) is 29.9 Å². The van der Waals surface area contributed by atoms with E-state index in [0.717, 1.165) is 12.0 Å². The van der Waals surface area contributed by atoms with Crippen LogP contribution in [-0.2, 0) is 17.8 Å². The maximum Gasteiger partial charge on any atom is 0.422 e. The molecule has 0 radical (unpaired) electrons. The molecule has 146 valence electrons. The summed E-state index contributed by atoms with van der Waals surface area (Å²) >= 11 is 0. The van der Waals surface area contributed by atoms with Crippen LogP contribution in [-0.4, -0.2) is 35.4 Å². The highest BCUT2D eigenvalue weighted by Gasteiger charge is 2.16. The van der Waals surface area contributed by atoms with Crippen LogP contribution in [0, 0.1) is 5.92 Å². The molecule has 0 spiro atoms. The molecule has 5 nitrogen and oxygen atoms in total. The van der Waals surface area contributed by atoms with Gasteiger partial charge in [0, 0.05) is 13.1 Å². The molecule has 0 aliphatic rings. The molecule has 1 atom stereocenters. The second-order valence-electron chi connectivity index (χ2n) is 7.15. The van der Waals surface area contributed by atoms with Gasteiger partial charge in [0.25, 0.3) is 0 Å². The molecular formula is C22H30N2O3. The molecule has 0 saturated heterocycles. The number of aliphatic hydroxyl groups excluding tert-OH is 1. The van der Waals surface area contributed by atoms with Gasteiger partial charge in [-0.15, -0.1) is 0 Å². The number of rotatable bonds is 10. The lowest BCUT2D eigenvalue weighted by Gasteiger charge is -2.26. The van der Waals surface area contributed by atoms with Crippen molar-refractivity contribution in [2.45, 2.75) is 39.4 Å². The van der Waals surface area contributed by atoms with Crippen molar-refractivity contribution >= 4 is 6.09 Å². The number of aliphatic hydroxyl groups is 1. The van der Waals surface area contributed by atoms with E-state index < -0.39 is 12.2 Å². The minimum atomic E-state index is -0.529. The minimum absolute atomic E-state index is 0.221. The predicted molar refractivity (Wildman–Crippen MR) is 107 cm³/mol. The highest BCUT2D eigenvalue weighted by atomic mass is 16.6. The third-order valence-corrected chi connectivity index (χ3v) is 4.09. The number of carbonyl (C=O) groups excluding carboxylic acids is 1. The number of hydrogen-bond donors (Lipinski definition) is 2. The predicted octanol–water partition coefficient (Wildman–Crippen LogP) is 3.78. The molecule has 1 amide bonds. The van der Waals surface area contributed by atoms with E-state index in [2.05, 4.69) is 31.4 Å². The van der Waals surface area contributed by atoms with Crippen LogP contribution >= 0.6 is 0 Å². The van der Waals surface area contributed by atoms with Crippen LogP contribution in [0.2, 0.25) is 0 Å². The Morgan fingerprint density at radius 3 is 2.19 bits per heavy atom. The summed E-state index contributed by atoms with van der Waals surface area (Å²) in [4.78, 5) is 12.1. The van der Waals surface area contributed by atoms with Crippen LogP contribution in [0.4, 0.5) is 4.79 Å². The van der Waals surface area contributed by atoms with Crippen molar-refractivity contribution in [1.29, 1.82) is 0 Å². The number of benzene rings is 2. The monoisotopic (exact) mass is 370 g/mol. The minimum Gasteiger partial charge on any atom is -0.444 e. The van der Waals surface area contributed by atoms with Crippen LogP contribution in [0.3, 0.4) is 0 Å².